The second-order valence-corrected chi connectivity index (χ2v) is 4.64. The Morgan fingerprint density at radius 1 is 1.47 bits per heavy atom. The average molecular weight is 232 g/mol. The molecule has 1 aromatic carbocycles. The minimum Gasteiger partial charge on any atom is -0.483 e. The largest absolute Gasteiger partial charge is 0.483 e. The van der Waals surface area contributed by atoms with E-state index >= 15 is 0 Å². The molecule has 0 saturated heterocycles. The number of rotatable bonds is 3. The third-order valence-corrected chi connectivity index (χ3v) is 3.06. The molecule has 0 aliphatic heterocycles. The first-order valence-electron chi connectivity index (χ1n) is 5.71. The van der Waals surface area contributed by atoms with E-state index in [9.17, 15) is 4.79 Å². The summed E-state index contributed by atoms with van der Waals surface area (Å²) in [5, 5.41) is 8.96. The van der Waals surface area contributed by atoms with Gasteiger partial charge in [-0.25, -0.2) is 4.79 Å². The Labute approximate surface area is 101 Å². The highest BCUT2D eigenvalue weighted by atomic mass is 16.5. The van der Waals surface area contributed by atoms with Crippen molar-refractivity contribution in [3.8, 4) is 5.75 Å². The molecule has 0 saturated carbocycles. The molecule has 1 aliphatic rings. The van der Waals surface area contributed by atoms with Crippen LogP contribution < -0.4 is 4.74 Å². The molecule has 3 heteroatoms. The van der Waals surface area contributed by atoms with Crippen LogP contribution in [-0.2, 0) is 0 Å². The Morgan fingerprint density at radius 3 is 2.82 bits per heavy atom. The van der Waals surface area contributed by atoms with E-state index in [1.807, 2.05) is 19.9 Å². The van der Waals surface area contributed by atoms with Crippen LogP contribution in [0.5, 0.6) is 5.75 Å². The normalized spacial score (nSPS) is 22.7. The van der Waals surface area contributed by atoms with E-state index in [0.29, 0.717) is 5.75 Å². The van der Waals surface area contributed by atoms with Crippen molar-refractivity contribution >= 4 is 5.97 Å². The van der Waals surface area contributed by atoms with Crippen molar-refractivity contribution in [2.45, 2.75) is 32.3 Å². The van der Waals surface area contributed by atoms with Crippen molar-refractivity contribution in [3.05, 3.63) is 41.5 Å². The number of aryl methyl sites for hydroxylation is 1. The van der Waals surface area contributed by atoms with E-state index in [2.05, 4.69) is 6.08 Å². The molecule has 0 aromatic heterocycles. The third-order valence-electron chi connectivity index (χ3n) is 3.06. The first-order valence-corrected chi connectivity index (χ1v) is 5.71. The molecule has 1 unspecified atom stereocenters. The molecule has 1 N–H and O–H groups in total. The number of benzene rings is 1. The summed E-state index contributed by atoms with van der Waals surface area (Å²) in [6.45, 7) is 3.94. The van der Waals surface area contributed by atoms with Crippen LogP contribution in [0.1, 0.15) is 35.7 Å². The number of aromatic carboxylic acids is 1. The lowest BCUT2D eigenvalue weighted by Crippen LogP contribution is -2.27. The van der Waals surface area contributed by atoms with Gasteiger partial charge in [-0.3, -0.25) is 0 Å². The minimum absolute atomic E-state index is 0.260. The Kier molecular flexibility index (Phi) is 2.92. The zero-order valence-corrected chi connectivity index (χ0v) is 10.1. The predicted molar refractivity (Wildman–Crippen MR) is 65.5 cm³/mol. The van der Waals surface area contributed by atoms with Gasteiger partial charge in [0.15, 0.2) is 0 Å². The fourth-order valence-corrected chi connectivity index (χ4v) is 1.97. The highest BCUT2D eigenvalue weighted by Gasteiger charge is 2.26. The van der Waals surface area contributed by atoms with Gasteiger partial charge in [0, 0.05) is 0 Å². The minimum atomic E-state index is -0.929. The molecule has 1 aliphatic carbocycles. The van der Waals surface area contributed by atoms with E-state index in [1.165, 1.54) is 0 Å². The van der Waals surface area contributed by atoms with Crippen molar-refractivity contribution in [2.24, 2.45) is 0 Å². The third kappa shape index (κ3) is 2.49. The molecule has 3 nitrogen and oxygen atoms in total. The summed E-state index contributed by atoms with van der Waals surface area (Å²) < 4.78 is 5.93. The molecule has 0 bridgehead atoms. The highest BCUT2D eigenvalue weighted by Crippen LogP contribution is 2.31. The molecule has 0 fully saturated rings. The van der Waals surface area contributed by atoms with Gasteiger partial charge in [0.2, 0.25) is 0 Å². The molecule has 0 amide bonds. The van der Waals surface area contributed by atoms with Gasteiger partial charge in [-0.2, -0.15) is 0 Å². The molecule has 1 aromatic rings. The number of hydrogen-bond acceptors (Lipinski definition) is 2. The second-order valence-electron chi connectivity index (χ2n) is 4.64. The second kappa shape index (κ2) is 4.24. The van der Waals surface area contributed by atoms with E-state index in [0.717, 1.165) is 18.4 Å². The number of allylic oxidation sites excluding steroid dienone is 1. The van der Waals surface area contributed by atoms with Crippen LogP contribution in [0.4, 0.5) is 0 Å². The Balaban J connectivity index is 2.28. The van der Waals surface area contributed by atoms with Gasteiger partial charge in [-0.1, -0.05) is 12.1 Å². The maximum Gasteiger partial charge on any atom is 0.335 e. The van der Waals surface area contributed by atoms with Crippen LogP contribution in [0.2, 0.25) is 0 Å². The number of carbonyl (C=O) groups is 1. The molecule has 1 atom stereocenters. The van der Waals surface area contributed by atoms with Gasteiger partial charge in [-0.15, -0.1) is 0 Å². The lowest BCUT2D eigenvalue weighted by Gasteiger charge is -2.25. The number of ether oxygens (including phenoxy) is 1. The fourth-order valence-electron chi connectivity index (χ4n) is 1.97. The maximum atomic E-state index is 10.9. The lowest BCUT2D eigenvalue weighted by molar-refractivity contribution is 0.0695. The topological polar surface area (TPSA) is 46.5 Å². The summed E-state index contributed by atoms with van der Waals surface area (Å²) in [4.78, 5) is 10.9. The van der Waals surface area contributed by atoms with Gasteiger partial charge in [0.05, 0.1) is 5.56 Å². The van der Waals surface area contributed by atoms with Crippen LogP contribution in [0.25, 0.3) is 0 Å². The molecular weight excluding hydrogens is 216 g/mol. The summed E-state index contributed by atoms with van der Waals surface area (Å²) in [5.74, 6) is -0.277. The fraction of sp³-hybridized carbons (Fsp3) is 0.357. The lowest BCUT2D eigenvalue weighted by atomic mass is 10.1. The van der Waals surface area contributed by atoms with E-state index < -0.39 is 5.97 Å². The van der Waals surface area contributed by atoms with Crippen molar-refractivity contribution in [1.29, 1.82) is 0 Å². The summed E-state index contributed by atoms with van der Waals surface area (Å²) in [6.07, 6.45) is 6.08. The summed E-state index contributed by atoms with van der Waals surface area (Å²) in [6, 6.07) is 4.97. The quantitative estimate of drug-likeness (QED) is 0.814. The molecule has 0 heterocycles. The predicted octanol–water partition coefficient (Wildman–Crippen LogP) is 3.18. The first kappa shape index (κ1) is 11.7. The molecule has 0 radical (unpaired) electrons. The molecule has 2 rings (SSSR count). The van der Waals surface area contributed by atoms with Crippen molar-refractivity contribution in [2.75, 3.05) is 0 Å². The Morgan fingerprint density at radius 2 is 2.24 bits per heavy atom. The van der Waals surface area contributed by atoms with E-state index in [4.69, 9.17) is 9.84 Å². The van der Waals surface area contributed by atoms with Crippen LogP contribution >= 0.6 is 0 Å². The highest BCUT2D eigenvalue weighted by molar-refractivity contribution is 5.88. The summed E-state index contributed by atoms with van der Waals surface area (Å²) in [5.41, 5.74) is 0.912. The molecule has 90 valence electrons. The van der Waals surface area contributed by atoms with Gasteiger partial charge in [-0.05, 0) is 50.5 Å². The standard InChI is InChI=1S/C14H16O3/c1-10-5-6-11(13(15)16)9-12(10)17-14(2)7-3-4-8-14/h3,5-7,9H,4,8H2,1-2H3,(H,15,16). The van der Waals surface area contributed by atoms with Crippen molar-refractivity contribution in [1.82, 2.24) is 0 Å². The number of carboxylic acid groups (broad SMARTS) is 1. The number of carboxylic acids is 1. The van der Waals surface area contributed by atoms with Gasteiger partial charge in [0.25, 0.3) is 0 Å². The van der Waals surface area contributed by atoms with Gasteiger partial charge < -0.3 is 9.84 Å². The SMILES string of the molecule is Cc1ccc(C(=O)O)cc1OC1(C)C=CCC1. The van der Waals surface area contributed by atoms with Crippen LogP contribution in [-0.4, -0.2) is 16.7 Å². The molecule has 17 heavy (non-hydrogen) atoms. The van der Waals surface area contributed by atoms with Crippen LogP contribution in [0.15, 0.2) is 30.4 Å². The summed E-state index contributed by atoms with van der Waals surface area (Å²) in [7, 11) is 0. The monoisotopic (exact) mass is 232 g/mol. The van der Waals surface area contributed by atoms with Crippen LogP contribution in [0, 0.1) is 6.92 Å². The average Bonchev–Trinajstić information content (AvgIpc) is 2.68. The Hall–Kier alpha value is -1.77. The zero-order chi connectivity index (χ0) is 12.5. The molecule has 0 spiro atoms. The van der Waals surface area contributed by atoms with Crippen LogP contribution in [0.3, 0.4) is 0 Å². The van der Waals surface area contributed by atoms with Gasteiger partial charge in [0.1, 0.15) is 11.4 Å². The molecular formula is C14H16O3. The van der Waals surface area contributed by atoms with E-state index in [-0.39, 0.29) is 11.2 Å². The number of hydrogen-bond donors (Lipinski definition) is 1. The van der Waals surface area contributed by atoms with Gasteiger partial charge >= 0.3 is 5.97 Å². The maximum absolute atomic E-state index is 10.9. The first-order chi connectivity index (χ1) is 8.00. The smallest absolute Gasteiger partial charge is 0.335 e. The van der Waals surface area contributed by atoms with Crippen molar-refractivity contribution in [3.63, 3.8) is 0 Å². The zero-order valence-electron chi connectivity index (χ0n) is 10.1. The van der Waals surface area contributed by atoms with Crippen molar-refractivity contribution < 1.29 is 14.6 Å². The van der Waals surface area contributed by atoms with E-state index in [1.54, 1.807) is 18.2 Å². The Bertz CT molecular complexity index is 476. The summed E-state index contributed by atoms with van der Waals surface area (Å²) >= 11 is 0.